The van der Waals surface area contributed by atoms with Gasteiger partial charge in [-0.3, -0.25) is 4.79 Å². The van der Waals surface area contributed by atoms with Gasteiger partial charge in [0, 0.05) is 16.9 Å². The van der Waals surface area contributed by atoms with Crippen molar-refractivity contribution in [3.63, 3.8) is 0 Å². The van der Waals surface area contributed by atoms with E-state index in [0.717, 1.165) is 29.3 Å². The molecule has 0 saturated heterocycles. The third-order valence-electron chi connectivity index (χ3n) is 3.46. The number of aliphatic hydroxyl groups excluding tert-OH is 1. The van der Waals surface area contributed by atoms with Crippen LogP contribution < -0.4 is 5.32 Å². The fraction of sp³-hybridized carbons (Fsp3) is 0.500. The fourth-order valence-electron chi connectivity index (χ4n) is 2.35. The van der Waals surface area contributed by atoms with Gasteiger partial charge in [-0.25, -0.2) is 0 Å². The quantitative estimate of drug-likeness (QED) is 0.896. The zero-order valence-electron chi connectivity index (χ0n) is 10.2. The van der Waals surface area contributed by atoms with Gasteiger partial charge in [-0.2, -0.15) is 0 Å². The average molecular weight is 312 g/mol. The van der Waals surface area contributed by atoms with Crippen LogP contribution >= 0.6 is 15.9 Å². The van der Waals surface area contributed by atoms with Gasteiger partial charge in [0.2, 0.25) is 5.91 Å². The Balaban J connectivity index is 1.76. The van der Waals surface area contributed by atoms with Gasteiger partial charge in [0.15, 0.2) is 0 Å². The number of carbonyl (C=O) groups excluding carboxylic acids is 1. The number of rotatable bonds is 4. The molecule has 0 spiro atoms. The molecular formula is C14H18BrNO2. The van der Waals surface area contributed by atoms with Crippen LogP contribution in [0.4, 0.5) is 0 Å². The topological polar surface area (TPSA) is 49.3 Å². The number of benzene rings is 1. The normalized spacial score (nSPS) is 23.0. The van der Waals surface area contributed by atoms with E-state index in [1.54, 1.807) is 0 Å². The van der Waals surface area contributed by atoms with Gasteiger partial charge >= 0.3 is 0 Å². The summed E-state index contributed by atoms with van der Waals surface area (Å²) in [5.41, 5.74) is 1.00. The van der Waals surface area contributed by atoms with Gasteiger partial charge < -0.3 is 10.4 Å². The first-order valence-corrected chi connectivity index (χ1v) is 7.13. The number of carbonyl (C=O) groups is 1. The number of amides is 1. The number of hydrogen-bond acceptors (Lipinski definition) is 2. The lowest BCUT2D eigenvalue weighted by Gasteiger charge is -2.15. The van der Waals surface area contributed by atoms with Crippen LogP contribution in [0.3, 0.4) is 0 Å². The minimum Gasteiger partial charge on any atom is -0.393 e. The van der Waals surface area contributed by atoms with Gasteiger partial charge in [-0.1, -0.05) is 34.5 Å². The van der Waals surface area contributed by atoms with Crippen LogP contribution in [0.2, 0.25) is 0 Å². The first-order valence-electron chi connectivity index (χ1n) is 6.34. The molecule has 2 N–H and O–H groups in total. The second-order valence-electron chi connectivity index (χ2n) is 4.87. The molecule has 1 aromatic carbocycles. The molecule has 3 nitrogen and oxygen atoms in total. The van der Waals surface area contributed by atoms with Crippen molar-refractivity contribution in [2.24, 2.45) is 5.92 Å². The molecule has 1 aliphatic rings. The Kier molecular flexibility index (Phi) is 4.78. The zero-order chi connectivity index (χ0) is 13.0. The van der Waals surface area contributed by atoms with Crippen molar-refractivity contribution < 1.29 is 9.90 Å². The maximum absolute atomic E-state index is 11.8. The molecule has 1 fully saturated rings. The van der Waals surface area contributed by atoms with Gasteiger partial charge in [-0.15, -0.1) is 0 Å². The summed E-state index contributed by atoms with van der Waals surface area (Å²) in [6.45, 7) is 0.594. The minimum absolute atomic E-state index is 0.0245. The summed E-state index contributed by atoms with van der Waals surface area (Å²) in [7, 11) is 0. The largest absolute Gasteiger partial charge is 0.393 e. The van der Waals surface area contributed by atoms with Crippen molar-refractivity contribution in [1.29, 1.82) is 0 Å². The van der Waals surface area contributed by atoms with E-state index in [1.807, 2.05) is 24.3 Å². The highest BCUT2D eigenvalue weighted by molar-refractivity contribution is 9.10. The number of nitrogens with one attached hydrogen (secondary N) is 1. The highest BCUT2D eigenvalue weighted by Gasteiger charge is 2.25. The van der Waals surface area contributed by atoms with Crippen LogP contribution in [0.1, 0.15) is 24.8 Å². The summed E-state index contributed by atoms with van der Waals surface area (Å²) < 4.78 is 1.01. The molecule has 0 aromatic heterocycles. The Hall–Kier alpha value is -0.870. The smallest absolute Gasteiger partial charge is 0.224 e. The Morgan fingerprint density at radius 3 is 2.67 bits per heavy atom. The van der Waals surface area contributed by atoms with E-state index in [4.69, 9.17) is 0 Å². The predicted molar refractivity (Wildman–Crippen MR) is 74.2 cm³/mol. The van der Waals surface area contributed by atoms with Crippen LogP contribution in [0.15, 0.2) is 28.7 Å². The van der Waals surface area contributed by atoms with Gasteiger partial charge in [0.1, 0.15) is 0 Å². The molecule has 1 saturated carbocycles. The lowest BCUT2D eigenvalue weighted by molar-refractivity contribution is -0.120. The number of hydrogen-bond donors (Lipinski definition) is 2. The van der Waals surface area contributed by atoms with Crippen molar-refractivity contribution in [1.82, 2.24) is 5.32 Å². The summed E-state index contributed by atoms with van der Waals surface area (Å²) >= 11 is 3.37. The summed E-state index contributed by atoms with van der Waals surface area (Å²) in [5.74, 6) is 0.260. The average Bonchev–Trinajstić information content (AvgIpc) is 2.75. The third-order valence-corrected chi connectivity index (χ3v) is 3.99. The standard InChI is InChI=1S/C14H18BrNO2/c15-12-6-4-10(5-7-12)8-14(18)16-9-11-2-1-3-13(11)17/h4-7,11,13,17H,1-3,8-9H2,(H,16,18). The Morgan fingerprint density at radius 2 is 2.06 bits per heavy atom. The van der Waals surface area contributed by atoms with E-state index in [9.17, 15) is 9.90 Å². The second kappa shape index (κ2) is 6.34. The molecule has 0 heterocycles. The van der Waals surface area contributed by atoms with E-state index in [1.165, 1.54) is 0 Å². The molecule has 1 aromatic rings. The molecule has 1 aliphatic carbocycles. The molecule has 1 amide bonds. The zero-order valence-corrected chi connectivity index (χ0v) is 11.8. The second-order valence-corrected chi connectivity index (χ2v) is 5.78. The van der Waals surface area contributed by atoms with Crippen molar-refractivity contribution in [3.8, 4) is 0 Å². The van der Waals surface area contributed by atoms with Crippen LogP contribution in [0.25, 0.3) is 0 Å². The first kappa shape index (κ1) is 13.6. The minimum atomic E-state index is -0.238. The number of halogens is 1. The fourth-order valence-corrected chi connectivity index (χ4v) is 2.61. The molecule has 0 aliphatic heterocycles. The first-order chi connectivity index (χ1) is 8.65. The van der Waals surface area contributed by atoms with Gasteiger partial charge in [0.25, 0.3) is 0 Å². The van der Waals surface area contributed by atoms with E-state index in [-0.39, 0.29) is 17.9 Å². The van der Waals surface area contributed by atoms with Crippen LogP contribution in [0, 0.1) is 5.92 Å². The molecule has 18 heavy (non-hydrogen) atoms. The molecule has 2 rings (SSSR count). The van der Waals surface area contributed by atoms with Crippen molar-refractivity contribution in [3.05, 3.63) is 34.3 Å². The van der Waals surface area contributed by atoms with E-state index in [0.29, 0.717) is 13.0 Å². The summed E-state index contributed by atoms with van der Waals surface area (Å²) in [5, 5.41) is 12.6. The Morgan fingerprint density at radius 1 is 1.33 bits per heavy atom. The molecule has 0 radical (unpaired) electrons. The maximum atomic E-state index is 11.8. The summed E-state index contributed by atoms with van der Waals surface area (Å²) in [6.07, 6.45) is 3.11. The lowest BCUT2D eigenvalue weighted by atomic mass is 10.1. The number of aliphatic hydroxyl groups is 1. The Bertz CT molecular complexity index is 405. The van der Waals surface area contributed by atoms with Crippen LogP contribution in [-0.2, 0) is 11.2 Å². The van der Waals surface area contributed by atoms with Crippen molar-refractivity contribution in [2.75, 3.05) is 6.54 Å². The monoisotopic (exact) mass is 311 g/mol. The maximum Gasteiger partial charge on any atom is 0.224 e. The van der Waals surface area contributed by atoms with E-state index < -0.39 is 0 Å². The van der Waals surface area contributed by atoms with Gasteiger partial charge in [-0.05, 0) is 30.5 Å². The molecule has 4 heteroatoms. The summed E-state index contributed by atoms with van der Waals surface area (Å²) in [4.78, 5) is 11.8. The van der Waals surface area contributed by atoms with E-state index >= 15 is 0 Å². The van der Waals surface area contributed by atoms with Crippen LogP contribution in [0.5, 0.6) is 0 Å². The van der Waals surface area contributed by atoms with Crippen LogP contribution in [-0.4, -0.2) is 23.7 Å². The molecule has 0 bridgehead atoms. The molecule has 2 atom stereocenters. The molecule has 98 valence electrons. The predicted octanol–water partition coefficient (Wildman–Crippen LogP) is 2.27. The SMILES string of the molecule is O=C(Cc1ccc(Br)cc1)NCC1CCCC1O. The molecular weight excluding hydrogens is 294 g/mol. The highest BCUT2D eigenvalue weighted by Crippen LogP contribution is 2.24. The Labute approximate surface area is 116 Å². The third kappa shape index (κ3) is 3.82. The lowest BCUT2D eigenvalue weighted by Crippen LogP contribution is -2.33. The summed E-state index contributed by atoms with van der Waals surface area (Å²) in [6, 6.07) is 7.74. The van der Waals surface area contributed by atoms with Gasteiger partial charge in [0.05, 0.1) is 12.5 Å². The van der Waals surface area contributed by atoms with Crippen molar-refractivity contribution >= 4 is 21.8 Å². The highest BCUT2D eigenvalue weighted by atomic mass is 79.9. The molecule has 2 unspecified atom stereocenters. The van der Waals surface area contributed by atoms with Crippen molar-refractivity contribution in [2.45, 2.75) is 31.8 Å². The van der Waals surface area contributed by atoms with E-state index in [2.05, 4.69) is 21.2 Å².